The highest BCUT2D eigenvalue weighted by atomic mass is 32.2. The van der Waals surface area contributed by atoms with E-state index in [9.17, 15) is 4.79 Å². The third-order valence-corrected chi connectivity index (χ3v) is 4.09. The second-order valence-electron chi connectivity index (χ2n) is 5.27. The third-order valence-electron chi connectivity index (χ3n) is 3.27. The second kappa shape index (κ2) is 8.52. The van der Waals surface area contributed by atoms with Crippen molar-refractivity contribution in [1.29, 1.82) is 0 Å². The average Bonchev–Trinajstić information content (AvgIpc) is 3.25. The third kappa shape index (κ3) is 4.63. The Morgan fingerprint density at radius 2 is 2.15 bits per heavy atom. The number of carbonyl (C=O) groups excluding carboxylic acids is 1. The summed E-state index contributed by atoms with van der Waals surface area (Å²) in [5.74, 6) is 2.46. The Kier molecular flexibility index (Phi) is 5.90. The SMILES string of the molecule is CCOc1ccccc1-c1nnc(SCCC(=O)Nc2cc(C)on2)o1. The molecule has 0 bridgehead atoms. The van der Waals surface area contributed by atoms with Crippen LogP contribution in [0.1, 0.15) is 19.1 Å². The first-order chi connectivity index (χ1) is 12.7. The van der Waals surface area contributed by atoms with Gasteiger partial charge in [-0.2, -0.15) is 0 Å². The summed E-state index contributed by atoms with van der Waals surface area (Å²) in [4.78, 5) is 11.9. The number of amides is 1. The van der Waals surface area contributed by atoms with Crippen molar-refractivity contribution < 1.29 is 18.5 Å². The number of benzene rings is 1. The lowest BCUT2D eigenvalue weighted by molar-refractivity contribution is -0.115. The van der Waals surface area contributed by atoms with E-state index in [1.165, 1.54) is 11.8 Å². The van der Waals surface area contributed by atoms with Crippen molar-refractivity contribution in [3.05, 3.63) is 36.1 Å². The van der Waals surface area contributed by atoms with E-state index in [2.05, 4.69) is 20.7 Å². The fraction of sp³-hybridized carbons (Fsp3) is 0.294. The normalized spacial score (nSPS) is 10.7. The van der Waals surface area contributed by atoms with Crippen LogP contribution in [0.5, 0.6) is 5.75 Å². The van der Waals surface area contributed by atoms with Gasteiger partial charge in [0.1, 0.15) is 11.5 Å². The summed E-state index contributed by atoms with van der Waals surface area (Å²) >= 11 is 1.31. The Bertz CT molecular complexity index is 877. The Morgan fingerprint density at radius 3 is 2.92 bits per heavy atom. The fourth-order valence-corrected chi connectivity index (χ4v) is 2.86. The lowest BCUT2D eigenvalue weighted by atomic mass is 10.2. The minimum Gasteiger partial charge on any atom is -0.493 e. The summed E-state index contributed by atoms with van der Waals surface area (Å²) in [6.45, 7) is 4.22. The number of hydrogen-bond donors (Lipinski definition) is 1. The van der Waals surface area contributed by atoms with Crippen molar-refractivity contribution in [2.24, 2.45) is 0 Å². The van der Waals surface area contributed by atoms with Gasteiger partial charge in [-0.3, -0.25) is 4.79 Å². The minimum atomic E-state index is -0.160. The maximum absolute atomic E-state index is 11.9. The van der Waals surface area contributed by atoms with Crippen molar-refractivity contribution >= 4 is 23.5 Å². The Morgan fingerprint density at radius 1 is 1.31 bits per heavy atom. The molecule has 26 heavy (non-hydrogen) atoms. The van der Waals surface area contributed by atoms with Crippen LogP contribution in [0.2, 0.25) is 0 Å². The number of hydrogen-bond acceptors (Lipinski definition) is 8. The van der Waals surface area contributed by atoms with Crippen molar-refractivity contribution in [3.63, 3.8) is 0 Å². The van der Waals surface area contributed by atoms with Gasteiger partial charge < -0.3 is 19.0 Å². The summed E-state index contributed by atoms with van der Waals surface area (Å²) < 4.78 is 16.1. The Labute approximate surface area is 154 Å². The van der Waals surface area contributed by atoms with Gasteiger partial charge in [0, 0.05) is 18.2 Å². The standard InChI is InChI=1S/C17H18N4O4S/c1-3-23-13-7-5-4-6-12(13)16-19-20-17(24-16)26-9-8-15(22)18-14-10-11(2)25-21-14/h4-7,10H,3,8-9H2,1-2H3,(H,18,21,22). The van der Waals surface area contributed by atoms with Crippen molar-refractivity contribution in [1.82, 2.24) is 15.4 Å². The zero-order valence-corrected chi connectivity index (χ0v) is 15.2. The van der Waals surface area contributed by atoms with Gasteiger partial charge in [-0.25, -0.2) is 0 Å². The highest BCUT2D eigenvalue weighted by molar-refractivity contribution is 7.99. The number of carbonyl (C=O) groups is 1. The van der Waals surface area contributed by atoms with Crippen LogP contribution in [0.25, 0.3) is 11.5 Å². The van der Waals surface area contributed by atoms with E-state index < -0.39 is 0 Å². The summed E-state index contributed by atoms with van der Waals surface area (Å²) in [7, 11) is 0. The number of nitrogens with one attached hydrogen (secondary N) is 1. The lowest BCUT2D eigenvalue weighted by Gasteiger charge is -2.06. The average molecular weight is 374 g/mol. The molecule has 3 rings (SSSR count). The molecule has 2 heterocycles. The molecule has 1 amide bonds. The predicted molar refractivity (Wildman–Crippen MR) is 96.1 cm³/mol. The lowest BCUT2D eigenvalue weighted by Crippen LogP contribution is -2.12. The summed E-state index contributed by atoms with van der Waals surface area (Å²) in [6.07, 6.45) is 0.282. The van der Waals surface area contributed by atoms with Crippen LogP contribution in [0.3, 0.4) is 0 Å². The summed E-state index contributed by atoms with van der Waals surface area (Å²) in [6, 6.07) is 9.14. The van der Waals surface area contributed by atoms with E-state index in [0.717, 1.165) is 5.56 Å². The summed E-state index contributed by atoms with van der Waals surface area (Å²) in [5.41, 5.74) is 0.743. The van der Waals surface area contributed by atoms with Crippen molar-refractivity contribution in [2.45, 2.75) is 25.5 Å². The van der Waals surface area contributed by atoms with E-state index in [1.807, 2.05) is 31.2 Å². The van der Waals surface area contributed by atoms with Gasteiger partial charge in [0.2, 0.25) is 5.91 Å². The van der Waals surface area contributed by atoms with E-state index in [1.54, 1.807) is 13.0 Å². The maximum Gasteiger partial charge on any atom is 0.276 e. The molecular weight excluding hydrogens is 356 g/mol. The largest absolute Gasteiger partial charge is 0.493 e. The summed E-state index contributed by atoms with van der Waals surface area (Å²) in [5, 5.41) is 14.8. The molecule has 0 aliphatic rings. The number of thioether (sulfide) groups is 1. The van der Waals surface area contributed by atoms with Gasteiger partial charge in [-0.05, 0) is 26.0 Å². The van der Waals surface area contributed by atoms with E-state index >= 15 is 0 Å². The molecule has 0 saturated carbocycles. The molecule has 8 nitrogen and oxygen atoms in total. The Balaban J connectivity index is 1.53. The number of para-hydroxylation sites is 1. The minimum absolute atomic E-state index is 0.160. The van der Waals surface area contributed by atoms with Gasteiger partial charge in [0.15, 0.2) is 5.82 Å². The first-order valence-corrected chi connectivity index (χ1v) is 9.06. The first kappa shape index (κ1) is 18.0. The number of nitrogens with zero attached hydrogens (tertiary/aromatic N) is 3. The van der Waals surface area contributed by atoms with Crippen LogP contribution >= 0.6 is 11.8 Å². The van der Waals surface area contributed by atoms with E-state index in [0.29, 0.717) is 40.8 Å². The van der Waals surface area contributed by atoms with Gasteiger partial charge >= 0.3 is 0 Å². The molecule has 1 aromatic carbocycles. The number of rotatable bonds is 8. The molecule has 9 heteroatoms. The molecule has 136 valence electrons. The smallest absolute Gasteiger partial charge is 0.276 e. The second-order valence-corrected chi connectivity index (χ2v) is 6.32. The first-order valence-electron chi connectivity index (χ1n) is 8.07. The van der Waals surface area contributed by atoms with Crippen LogP contribution in [0, 0.1) is 6.92 Å². The molecular formula is C17H18N4O4S. The quantitative estimate of drug-likeness (QED) is 0.597. The molecule has 0 aliphatic heterocycles. The molecule has 0 aliphatic carbocycles. The zero-order chi connectivity index (χ0) is 18.4. The number of aryl methyl sites for hydroxylation is 1. The van der Waals surface area contributed by atoms with Crippen LogP contribution in [0.4, 0.5) is 5.82 Å². The topological polar surface area (TPSA) is 103 Å². The van der Waals surface area contributed by atoms with Crippen molar-refractivity contribution in [2.75, 3.05) is 17.7 Å². The zero-order valence-electron chi connectivity index (χ0n) is 14.4. The maximum atomic E-state index is 11.9. The molecule has 0 radical (unpaired) electrons. The number of anilines is 1. The monoisotopic (exact) mass is 374 g/mol. The highest BCUT2D eigenvalue weighted by Crippen LogP contribution is 2.30. The van der Waals surface area contributed by atoms with Crippen LogP contribution < -0.4 is 10.1 Å². The Hall–Kier alpha value is -2.81. The van der Waals surface area contributed by atoms with Crippen LogP contribution in [-0.4, -0.2) is 33.6 Å². The molecule has 0 spiro atoms. The van der Waals surface area contributed by atoms with Crippen LogP contribution in [-0.2, 0) is 4.79 Å². The van der Waals surface area contributed by atoms with E-state index in [4.69, 9.17) is 13.7 Å². The predicted octanol–water partition coefficient (Wildman–Crippen LogP) is 3.55. The van der Waals surface area contributed by atoms with Crippen molar-refractivity contribution in [3.8, 4) is 17.2 Å². The molecule has 0 fully saturated rings. The molecule has 0 saturated heterocycles. The molecule has 2 aromatic heterocycles. The van der Waals surface area contributed by atoms with Gasteiger partial charge in [-0.15, -0.1) is 10.2 Å². The molecule has 0 unspecified atom stereocenters. The molecule has 0 atom stereocenters. The number of ether oxygens (including phenoxy) is 1. The molecule has 3 aromatic rings. The fourth-order valence-electron chi connectivity index (χ4n) is 2.16. The van der Waals surface area contributed by atoms with Gasteiger partial charge in [-0.1, -0.05) is 29.1 Å². The van der Waals surface area contributed by atoms with Crippen LogP contribution in [0.15, 0.2) is 44.5 Å². The van der Waals surface area contributed by atoms with E-state index in [-0.39, 0.29) is 12.3 Å². The van der Waals surface area contributed by atoms with Gasteiger partial charge in [0.05, 0.1) is 12.2 Å². The molecule has 1 N–H and O–H groups in total. The van der Waals surface area contributed by atoms with Gasteiger partial charge in [0.25, 0.3) is 11.1 Å². The number of aromatic nitrogens is 3. The highest BCUT2D eigenvalue weighted by Gasteiger charge is 2.14.